The van der Waals surface area contributed by atoms with Gasteiger partial charge < -0.3 is 9.64 Å². The average Bonchev–Trinajstić information content (AvgIpc) is 3.14. The highest BCUT2D eigenvalue weighted by molar-refractivity contribution is 7.92. The molecule has 1 aromatic heterocycles. The van der Waals surface area contributed by atoms with Gasteiger partial charge in [-0.3, -0.25) is 9.78 Å². The number of ether oxygens (including phenoxy) is 1. The van der Waals surface area contributed by atoms with E-state index in [-0.39, 0.29) is 17.9 Å². The van der Waals surface area contributed by atoms with Crippen LogP contribution in [-0.4, -0.2) is 55.1 Å². The van der Waals surface area contributed by atoms with Gasteiger partial charge in [0.05, 0.1) is 17.3 Å². The molecule has 0 unspecified atom stereocenters. The number of hydrogen-bond acceptors (Lipinski definition) is 6. The lowest BCUT2D eigenvalue weighted by molar-refractivity contribution is -0.145. The maximum atomic E-state index is 12.9. The number of benzene rings is 1. The van der Waals surface area contributed by atoms with Crippen LogP contribution in [0.25, 0.3) is 0 Å². The molecule has 0 bridgehead atoms. The lowest BCUT2D eigenvalue weighted by Crippen LogP contribution is -2.41. The van der Waals surface area contributed by atoms with E-state index in [1.54, 1.807) is 18.2 Å². The van der Waals surface area contributed by atoms with Gasteiger partial charge in [-0.15, -0.1) is 0 Å². The van der Waals surface area contributed by atoms with E-state index in [4.69, 9.17) is 4.74 Å². The SMILES string of the molecule is COC(=O)[C@@H]1C[C@@H](S(=O)(=O)c2ccccc2)CN1C(=O)c1ccncc1. The third-order valence-corrected chi connectivity index (χ3v) is 6.58. The van der Waals surface area contributed by atoms with E-state index in [2.05, 4.69) is 4.98 Å². The molecule has 26 heavy (non-hydrogen) atoms. The van der Waals surface area contributed by atoms with E-state index in [0.717, 1.165) is 0 Å². The molecule has 0 N–H and O–H groups in total. The van der Waals surface area contributed by atoms with Gasteiger partial charge in [-0.05, 0) is 30.7 Å². The number of methoxy groups -OCH3 is 1. The third kappa shape index (κ3) is 3.32. The molecule has 2 heterocycles. The number of pyridine rings is 1. The fourth-order valence-electron chi connectivity index (χ4n) is 3.07. The van der Waals surface area contributed by atoms with Gasteiger partial charge in [-0.1, -0.05) is 18.2 Å². The second kappa shape index (κ2) is 7.25. The summed E-state index contributed by atoms with van der Waals surface area (Å²) >= 11 is 0. The summed E-state index contributed by atoms with van der Waals surface area (Å²) in [4.78, 5) is 30.2. The topological polar surface area (TPSA) is 93.6 Å². The van der Waals surface area contributed by atoms with E-state index in [9.17, 15) is 18.0 Å². The van der Waals surface area contributed by atoms with Crippen molar-refractivity contribution in [1.29, 1.82) is 0 Å². The molecule has 0 spiro atoms. The Kier molecular flexibility index (Phi) is 5.03. The molecule has 1 aromatic carbocycles. The maximum Gasteiger partial charge on any atom is 0.328 e. The summed E-state index contributed by atoms with van der Waals surface area (Å²) in [7, 11) is -2.46. The van der Waals surface area contributed by atoms with Gasteiger partial charge in [-0.25, -0.2) is 13.2 Å². The van der Waals surface area contributed by atoms with Crippen LogP contribution in [0.1, 0.15) is 16.8 Å². The zero-order chi connectivity index (χ0) is 18.7. The molecule has 3 rings (SSSR count). The average molecular weight is 374 g/mol. The van der Waals surface area contributed by atoms with Crippen LogP contribution in [0, 0.1) is 0 Å². The van der Waals surface area contributed by atoms with Crippen LogP contribution in [0.4, 0.5) is 0 Å². The first-order valence-corrected chi connectivity index (χ1v) is 9.57. The number of esters is 1. The van der Waals surface area contributed by atoms with Gasteiger partial charge in [0.15, 0.2) is 9.84 Å². The van der Waals surface area contributed by atoms with Gasteiger partial charge in [0.25, 0.3) is 5.91 Å². The highest BCUT2D eigenvalue weighted by atomic mass is 32.2. The third-order valence-electron chi connectivity index (χ3n) is 4.43. The molecule has 2 aromatic rings. The molecule has 1 saturated heterocycles. The minimum absolute atomic E-state index is 0.000719. The zero-order valence-electron chi connectivity index (χ0n) is 14.1. The molecule has 0 radical (unpaired) electrons. The van der Waals surface area contributed by atoms with Crippen LogP contribution >= 0.6 is 0 Å². The number of amides is 1. The molecule has 8 heteroatoms. The Morgan fingerprint density at radius 2 is 1.77 bits per heavy atom. The molecule has 2 atom stereocenters. The minimum atomic E-state index is -3.68. The highest BCUT2D eigenvalue weighted by Crippen LogP contribution is 2.29. The van der Waals surface area contributed by atoms with Crippen molar-refractivity contribution in [3.05, 3.63) is 60.4 Å². The highest BCUT2D eigenvalue weighted by Gasteiger charge is 2.46. The zero-order valence-corrected chi connectivity index (χ0v) is 14.9. The second-order valence-corrected chi connectivity index (χ2v) is 8.18. The fourth-order valence-corrected chi connectivity index (χ4v) is 4.78. The number of sulfone groups is 1. The van der Waals surface area contributed by atoms with E-state index in [0.29, 0.717) is 5.56 Å². The molecule has 0 saturated carbocycles. The lowest BCUT2D eigenvalue weighted by atomic mass is 10.2. The number of hydrogen-bond donors (Lipinski definition) is 0. The molecule has 0 aliphatic carbocycles. The van der Waals surface area contributed by atoms with Crippen LogP contribution in [0.15, 0.2) is 59.8 Å². The van der Waals surface area contributed by atoms with E-state index >= 15 is 0 Å². The van der Waals surface area contributed by atoms with Gasteiger partial charge in [-0.2, -0.15) is 0 Å². The van der Waals surface area contributed by atoms with Crippen molar-refractivity contribution in [2.45, 2.75) is 22.6 Å². The molecule has 7 nitrogen and oxygen atoms in total. The Bertz CT molecular complexity index is 900. The first-order chi connectivity index (χ1) is 12.4. The van der Waals surface area contributed by atoms with Crippen LogP contribution in [0.3, 0.4) is 0 Å². The fraction of sp³-hybridized carbons (Fsp3) is 0.278. The Hall–Kier alpha value is -2.74. The number of aromatic nitrogens is 1. The van der Waals surface area contributed by atoms with Crippen molar-refractivity contribution >= 4 is 21.7 Å². The van der Waals surface area contributed by atoms with Gasteiger partial charge >= 0.3 is 5.97 Å². The largest absolute Gasteiger partial charge is 0.467 e. The van der Waals surface area contributed by atoms with Crippen LogP contribution < -0.4 is 0 Å². The summed E-state index contributed by atoms with van der Waals surface area (Å²) in [5.74, 6) is -1.05. The normalized spacial score (nSPS) is 20.0. The van der Waals surface area contributed by atoms with Crippen molar-refractivity contribution < 1.29 is 22.7 Å². The first-order valence-electron chi connectivity index (χ1n) is 8.03. The van der Waals surface area contributed by atoms with E-state index in [1.165, 1.54) is 48.7 Å². The number of carbonyl (C=O) groups is 2. The predicted molar refractivity (Wildman–Crippen MR) is 93.1 cm³/mol. The van der Waals surface area contributed by atoms with E-state index < -0.39 is 33.0 Å². The van der Waals surface area contributed by atoms with Crippen LogP contribution in [-0.2, 0) is 19.4 Å². The number of nitrogens with zero attached hydrogens (tertiary/aromatic N) is 2. The summed E-state index contributed by atoms with van der Waals surface area (Å²) in [5.41, 5.74) is 0.340. The molecule has 1 amide bonds. The number of likely N-dealkylation sites (tertiary alicyclic amines) is 1. The standard InChI is InChI=1S/C18H18N2O5S/c1-25-18(22)16-11-15(26(23,24)14-5-3-2-4-6-14)12-20(16)17(21)13-7-9-19-10-8-13/h2-10,15-16H,11-12H2,1H3/t15-,16+/m1/s1. The molecular weight excluding hydrogens is 356 g/mol. The molecular formula is C18H18N2O5S. The Balaban J connectivity index is 1.93. The minimum Gasteiger partial charge on any atom is -0.467 e. The Morgan fingerprint density at radius 1 is 1.12 bits per heavy atom. The van der Waals surface area contributed by atoms with Gasteiger partial charge in [0.2, 0.25) is 0 Å². The molecule has 1 aliphatic heterocycles. The molecule has 136 valence electrons. The second-order valence-electron chi connectivity index (χ2n) is 5.95. The molecule has 1 fully saturated rings. The number of rotatable bonds is 4. The number of carbonyl (C=O) groups excluding carboxylic acids is 2. The summed E-state index contributed by atoms with van der Waals surface area (Å²) in [6.07, 6.45) is 2.93. The Morgan fingerprint density at radius 3 is 2.38 bits per heavy atom. The molecule has 1 aliphatic rings. The summed E-state index contributed by atoms with van der Waals surface area (Å²) in [6.45, 7) is -0.0713. The summed E-state index contributed by atoms with van der Waals surface area (Å²) < 4.78 is 30.6. The van der Waals surface area contributed by atoms with Crippen molar-refractivity contribution in [3.63, 3.8) is 0 Å². The smallest absolute Gasteiger partial charge is 0.328 e. The predicted octanol–water partition coefficient (Wildman–Crippen LogP) is 1.31. The summed E-state index contributed by atoms with van der Waals surface area (Å²) in [6, 6.07) is 10.1. The Labute approximate surface area is 151 Å². The maximum absolute atomic E-state index is 12.9. The van der Waals surface area contributed by atoms with Crippen LogP contribution in [0.5, 0.6) is 0 Å². The van der Waals surface area contributed by atoms with Crippen LogP contribution in [0.2, 0.25) is 0 Å². The van der Waals surface area contributed by atoms with Crippen molar-refractivity contribution in [3.8, 4) is 0 Å². The van der Waals surface area contributed by atoms with E-state index in [1.807, 2.05) is 0 Å². The quantitative estimate of drug-likeness (QED) is 0.749. The van der Waals surface area contributed by atoms with Crippen molar-refractivity contribution in [2.24, 2.45) is 0 Å². The summed E-state index contributed by atoms with van der Waals surface area (Å²) in [5, 5.41) is -0.875. The van der Waals surface area contributed by atoms with Gasteiger partial charge in [0.1, 0.15) is 6.04 Å². The van der Waals surface area contributed by atoms with Crippen molar-refractivity contribution in [2.75, 3.05) is 13.7 Å². The lowest BCUT2D eigenvalue weighted by Gasteiger charge is -2.22. The van der Waals surface area contributed by atoms with Gasteiger partial charge in [0, 0.05) is 24.5 Å². The monoisotopic (exact) mass is 374 g/mol. The van der Waals surface area contributed by atoms with Crippen molar-refractivity contribution in [1.82, 2.24) is 9.88 Å². The first kappa shape index (κ1) is 18.1.